The van der Waals surface area contributed by atoms with E-state index in [9.17, 15) is 31.5 Å². The van der Waals surface area contributed by atoms with Gasteiger partial charge in [-0.2, -0.15) is 13.2 Å². The fraction of sp³-hybridized carbons (Fsp3) is 0.429. The summed E-state index contributed by atoms with van der Waals surface area (Å²) in [4.78, 5) is 21.7. The van der Waals surface area contributed by atoms with Crippen LogP contribution in [0.2, 0.25) is 0 Å². The Hall–Kier alpha value is -1.42. The van der Waals surface area contributed by atoms with Crippen LogP contribution in [0.4, 0.5) is 13.2 Å². The zero-order valence-corrected chi connectivity index (χ0v) is 26.8. The van der Waals surface area contributed by atoms with E-state index < -0.39 is 27.5 Å². The normalized spacial score (nSPS) is 17.9. The van der Waals surface area contributed by atoms with E-state index in [1.54, 1.807) is 0 Å². The van der Waals surface area contributed by atoms with Gasteiger partial charge in [0.05, 0.1) is 40.9 Å². The van der Waals surface area contributed by atoms with Crippen molar-refractivity contribution in [2.45, 2.75) is 36.5 Å². The summed E-state index contributed by atoms with van der Waals surface area (Å²) in [5.74, 6) is -1.51. The van der Waals surface area contributed by atoms with Crippen LogP contribution in [0, 0.1) is 0 Å². The van der Waals surface area contributed by atoms with E-state index in [0.717, 1.165) is 44.3 Å². The van der Waals surface area contributed by atoms with Crippen molar-refractivity contribution in [2.24, 2.45) is 0 Å². The molecule has 214 valence electrons. The number of hydrogen-bond acceptors (Lipinski definition) is 8. The van der Waals surface area contributed by atoms with E-state index in [4.69, 9.17) is 4.74 Å². The number of morpholine rings is 1. The van der Waals surface area contributed by atoms with Crippen LogP contribution in [0.25, 0.3) is 22.2 Å². The first kappa shape index (κ1) is 32.5. The number of sulfone groups is 1. The Morgan fingerprint density at radius 3 is 2.24 bits per heavy atom. The van der Waals surface area contributed by atoms with Gasteiger partial charge >= 0.3 is 57.6 Å². The molecule has 0 saturated carbocycles. The van der Waals surface area contributed by atoms with Crippen molar-refractivity contribution in [3.63, 3.8) is 0 Å². The molecule has 1 aromatic heterocycles. The molecule has 0 spiro atoms. The van der Waals surface area contributed by atoms with E-state index in [0.29, 0.717) is 37.9 Å². The number of hydrogen-bond donors (Lipinski definition) is 0. The smallest absolute Gasteiger partial charge is 0.545 e. The number of rotatable bonds is 6. The molecule has 8 nitrogen and oxygen atoms in total. The molecule has 0 unspecified atom stereocenters. The van der Waals surface area contributed by atoms with Crippen molar-refractivity contribution >= 4 is 26.7 Å². The minimum Gasteiger partial charge on any atom is -0.545 e. The van der Waals surface area contributed by atoms with Crippen LogP contribution in [0.15, 0.2) is 47.4 Å². The third-order valence-corrected chi connectivity index (χ3v) is 8.79. The van der Waals surface area contributed by atoms with Crippen molar-refractivity contribution in [3.05, 3.63) is 59.2 Å². The number of ether oxygens (including phenoxy) is 1. The maximum Gasteiger partial charge on any atom is 1.00 e. The Labute approximate surface area is 279 Å². The Kier molecular flexibility index (Phi) is 10.4. The van der Waals surface area contributed by atoms with E-state index in [2.05, 4.69) is 14.8 Å². The summed E-state index contributed by atoms with van der Waals surface area (Å²) >= 11 is 0. The molecule has 5 rings (SSSR count). The number of likely N-dealkylation sites (tertiary alicyclic amines) is 1. The van der Waals surface area contributed by atoms with Crippen LogP contribution in [-0.2, 0) is 27.3 Å². The van der Waals surface area contributed by atoms with E-state index in [1.165, 1.54) is 30.3 Å². The van der Waals surface area contributed by atoms with Gasteiger partial charge in [-0.05, 0) is 56.3 Å². The van der Waals surface area contributed by atoms with Crippen molar-refractivity contribution in [2.75, 3.05) is 45.6 Å². The zero-order chi connectivity index (χ0) is 28.7. The molecule has 13 heteroatoms. The summed E-state index contributed by atoms with van der Waals surface area (Å²) in [6.45, 7) is 4.67. The quantitative estimate of drug-likeness (QED) is 0.357. The second-order valence-electron chi connectivity index (χ2n) is 10.3. The first-order chi connectivity index (χ1) is 18.9. The number of piperidine rings is 1. The molecule has 3 aromatic rings. The van der Waals surface area contributed by atoms with Gasteiger partial charge in [0.1, 0.15) is 0 Å². The summed E-state index contributed by atoms with van der Waals surface area (Å²) in [7, 11) is -3.65. The number of fused-ring (bicyclic) bond motifs is 1. The van der Waals surface area contributed by atoms with Crippen molar-refractivity contribution < 1.29 is 87.6 Å². The van der Waals surface area contributed by atoms with Crippen LogP contribution in [0.1, 0.15) is 34.3 Å². The van der Waals surface area contributed by atoms with Gasteiger partial charge in [-0.1, -0.05) is 12.1 Å². The van der Waals surface area contributed by atoms with E-state index in [-0.39, 0.29) is 90.5 Å². The van der Waals surface area contributed by atoms with Gasteiger partial charge in [-0.3, -0.25) is 9.80 Å². The number of carboxylic acid groups (broad SMARTS) is 1. The Bertz CT molecular complexity index is 1520. The number of carboxylic acids is 1. The van der Waals surface area contributed by atoms with Gasteiger partial charge in [0, 0.05) is 54.0 Å². The molecule has 3 heterocycles. The summed E-state index contributed by atoms with van der Waals surface area (Å²) in [5, 5.41) is 12.7. The molecule has 2 saturated heterocycles. The Morgan fingerprint density at radius 2 is 1.68 bits per heavy atom. The van der Waals surface area contributed by atoms with Crippen molar-refractivity contribution in [1.82, 2.24) is 14.8 Å². The number of carbonyl (C=O) groups excluding carboxylic acids is 1. The SMILES string of the molecule is CS(=O)(=O)c1ccc2nc(-c3ccc(C(F)(F)F)cc3)c(CN3CCC(N4CCOCC4)CC3)c(C(=O)[O-])c2c1.[K+]. The largest absolute Gasteiger partial charge is 1.00 e. The Balaban J connectivity index is 0.00000387. The number of aromatic nitrogens is 1. The topological polar surface area (TPSA) is 103 Å². The summed E-state index contributed by atoms with van der Waals surface area (Å²) in [6.07, 6.45) is -1.76. The Morgan fingerprint density at radius 1 is 1.05 bits per heavy atom. The minimum atomic E-state index is -4.53. The number of aromatic carboxylic acids is 1. The first-order valence-corrected chi connectivity index (χ1v) is 14.9. The van der Waals surface area contributed by atoms with Gasteiger partial charge in [0.15, 0.2) is 9.84 Å². The van der Waals surface area contributed by atoms with Gasteiger partial charge in [-0.15, -0.1) is 0 Å². The number of carbonyl (C=O) groups is 1. The molecule has 0 amide bonds. The van der Waals surface area contributed by atoms with Gasteiger partial charge in [-0.25, -0.2) is 13.4 Å². The van der Waals surface area contributed by atoms with Gasteiger partial charge < -0.3 is 14.6 Å². The molecule has 2 aromatic carbocycles. The molecular weight excluding hydrogens is 586 g/mol. The fourth-order valence-corrected chi connectivity index (χ4v) is 6.21. The molecule has 41 heavy (non-hydrogen) atoms. The van der Waals surface area contributed by atoms with Crippen LogP contribution in [0.5, 0.6) is 0 Å². The fourth-order valence-electron chi connectivity index (χ4n) is 5.56. The monoisotopic (exact) mass is 615 g/mol. The molecule has 2 aliphatic heterocycles. The summed E-state index contributed by atoms with van der Waals surface area (Å²) < 4.78 is 69.6. The predicted octanol–water partition coefficient (Wildman–Crippen LogP) is -0.0118. The van der Waals surface area contributed by atoms with Crippen LogP contribution < -0.4 is 56.5 Å². The molecular formula is C28H29F3KN3O5S. The van der Waals surface area contributed by atoms with Crippen LogP contribution in [-0.4, -0.2) is 80.9 Å². The molecule has 0 N–H and O–H groups in total. The standard InChI is InChI=1S/C28H30F3N3O5S.K/c1-40(37,38)21-6-7-24-22(16-21)25(27(35)36)23(26(32-24)18-2-4-19(5-3-18)28(29,30)31)17-33-10-8-20(9-11-33)34-12-14-39-15-13-34;/h2-7,16,20H,8-15,17H2,1H3,(H,35,36);/q;+1/p-1. The predicted molar refractivity (Wildman–Crippen MR) is 140 cm³/mol. The molecule has 0 aliphatic carbocycles. The van der Waals surface area contributed by atoms with E-state index in [1.807, 2.05) is 0 Å². The summed E-state index contributed by atoms with van der Waals surface area (Å²) in [6, 6.07) is 8.81. The average Bonchev–Trinajstić information content (AvgIpc) is 2.92. The van der Waals surface area contributed by atoms with E-state index >= 15 is 0 Å². The zero-order valence-electron chi connectivity index (χ0n) is 22.9. The van der Waals surface area contributed by atoms with Crippen LogP contribution in [0.3, 0.4) is 0 Å². The maximum absolute atomic E-state index is 13.2. The minimum absolute atomic E-state index is 0. The second kappa shape index (κ2) is 13.1. The number of nitrogens with zero attached hydrogens (tertiary/aromatic N) is 3. The third-order valence-electron chi connectivity index (χ3n) is 7.68. The number of pyridine rings is 1. The summed E-state index contributed by atoms with van der Waals surface area (Å²) in [5.41, 5.74) is -0.00738. The number of benzene rings is 2. The average molecular weight is 616 g/mol. The molecule has 0 atom stereocenters. The van der Waals surface area contributed by atoms with Crippen molar-refractivity contribution in [3.8, 4) is 11.3 Å². The van der Waals surface area contributed by atoms with Gasteiger partial charge in [0.2, 0.25) is 0 Å². The molecule has 2 aliphatic rings. The number of alkyl halides is 3. The second-order valence-corrected chi connectivity index (χ2v) is 12.3. The maximum atomic E-state index is 13.2. The molecule has 0 bridgehead atoms. The van der Waals surface area contributed by atoms with Crippen molar-refractivity contribution in [1.29, 1.82) is 0 Å². The first-order valence-electron chi connectivity index (χ1n) is 13.0. The van der Waals surface area contributed by atoms with Gasteiger partial charge in [0.25, 0.3) is 0 Å². The number of halogens is 3. The van der Waals surface area contributed by atoms with Crippen LogP contribution >= 0.6 is 0 Å². The molecule has 0 radical (unpaired) electrons. The third kappa shape index (κ3) is 7.39. The molecule has 2 fully saturated rings.